The van der Waals surface area contributed by atoms with E-state index in [0.29, 0.717) is 0 Å². The van der Waals surface area contributed by atoms with Crippen molar-refractivity contribution in [2.24, 2.45) is 0 Å². The summed E-state index contributed by atoms with van der Waals surface area (Å²) < 4.78 is 0. The molecule has 0 amide bonds. The molecular weight excluding hydrogens is 160 g/mol. The minimum absolute atomic E-state index is 0.0741. The minimum Gasteiger partial charge on any atom is -0.479 e. The van der Waals surface area contributed by atoms with Crippen LogP contribution >= 0.6 is 0 Å². The lowest BCUT2D eigenvalue weighted by Crippen LogP contribution is -2.32. The number of carbonyl (C=O) groups is 1. The molecule has 0 saturated heterocycles. The van der Waals surface area contributed by atoms with E-state index in [0.717, 1.165) is 6.92 Å². The zero-order valence-corrected chi connectivity index (χ0v) is 6.43. The van der Waals surface area contributed by atoms with Crippen molar-refractivity contribution in [3.05, 3.63) is 24.3 Å². The molecule has 1 rings (SSSR count). The van der Waals surface area contributed by atoms with E-state index < -0.39 is 11.6 Å². The van der Waals surface area contributed by atoms with E-state index in [1.807, 2.05) is 0 Å². The third kappa shape index (κ3) is 1.40. The normalized spacial score (nSPS) is 15.2. The largest absolute Gasteiger partial charge is 0.479 e. The average molecular weight is 168 g/mol. The summed E-state index contributed by atoms with van der Waals surface area (Å²) >= 11 is 0. The van der Waals surface area contributed by atoms with Crippen LogP contribution in [0, 0.1) is 0 Å². The van der Waals surface area contributed by atoms with Crippen LogP contribution < -0.4 is 0 Å². The van der Waals surface area contributed by atoms with Gasteiger partial charge in [0.05, 0.1) is 5.69 Å². The lowest BCUT2D eigenvalue weighted by Gasteiger charge is -2.15. The molecule has 0 radical (unpaired) electrons. The predicted molar refractivity (Wildman–Crippen MR) is 39.2 cm³/mol. The number of hydrogen-bond acceptors (Lipinski definition) is 4. The SMILES string of the molecule is CC(O)(C(=O)O)c1ccncn1. The molecule has 1 aromatic heterocycles. The molecule has 5 heteroatoms. The second-order valence-electron chi connectivity index (χ2n) is 2.47. The Morgan fingerprint density at radius 1 is 1.67 bits per heavy atom. The van der Waals surface area contributed by atoms with Gasteiger partial charge in [-0.3, -0.25) is 0 Å². The van der Waals surface area contributed by atoms with Crippen LogP contribution in [0.1, 0.15) is 12.6 Å². The van der Waals surface area contributed by atoms with Crippen LogP contribution in [0.25, 0.3) is 0 Å². The van der Waals surface area contributed by atoms with E-state index in [4.69, 9.17) is 5.11 Å². The number of nitrogens with zero attached hydrogens (tertiary/aromatic N) is 2. The lowest BCUT2D eigenvalue weighted by molar-refractivity contribution is -0.158. The van der Waals surface area contributed by atoms with Crippen molar-refractivity contribution in [1.82, 2.24) is 9.97 Å². The quantitative estimate of drug-likeness (QED) is 0.637. The van der Waals surface area contributed by atoms with Gasteiger partial charge in [0.25, 0.3) is 0 Å². The monoisotopic (exact) mass is 168 g/mol. The van der Waals surface area contributed by atoms with E-state index in [1.54, 1.807) is 0 Å². The molecule has 0 aliphatic rings. The highest BCUT2D eigenvalue weighted by atomic mass is 16.4. The van der Waals surface area contributed by atoms with E-state index in [2.05, 4.69) is 9.97 Å². The standard InChI is InChI=1S/C7H8N2O3/c1-7(12,6(10)11)5-2-3-8-4-9-5/h2-4,12H,1H3,(H,10,11). The first kappa shape index (κ1) is 8.61. The molecule has 0 aliphatic heterocycles. The summed E-state index contributed by atoms with van der Waals surface area (Å²) in [6.45, 7) is 1.16. The Morgan fingerprint density at radius 3 is 2.75 bits per heavy atom. The number of aromatic nitrogens is 2. The summed E-state index contributed by atoms with van der Waals surface area (Å²) in [4.78, 5) is 17.7. The summed E-state index contributed by atoms with van der Waals surface area (Å²) in [5, 5.41) is 18.0. The zero-order valence-electron chi connectivity index (χ0n) is 6.43. The second-order valence-corrected chi connectivity index (χ2v) is 2.47. The molecule has 64 valence electrons. The number of aliphatic hydroxyl groups is 1. The molecule has 2 N–H and O–H groups in total. The number of carboxylic acid groups (broad SMARTS) is 1. The summed E-state index contributed by atoms with van der Waals surface area (Å²) in [6, 6.07) is 1.36. The highest BCUT2D eigenvalue weighted by Gasteiger charge is 2.33. The maximum Gasteiger partial charge on any atom is 0.341 e. The summed E-state index contributed by atoms with van der Waals surface area (Å²) in [5.41, 5.74) is -1.87. The third-order valence-corrected chi connectivity index (χ3v) is 1.50. The minimum atomic E-state index is -1.94. The highest BCUT2D eigenvalue weighted by Crippen LogP contribution is 2.16. The summed E-state index contributed by atoms with van der Waals surface area (Å²) in [7, 11) is 0. The van der Waals surface area contributed by atoms with E-state index in [-0.39, 0.29) is 5.69 Å². The second kappa shape index (κ2) is 2.86. The van der Waals surface area contributed by atoms with Gasteiger partial charge in [0, 0.05) is 6.20 Å². The van der Waals surface area contributed by atoms with E-state index >= 15 is 0 Å². The molecule has 1 aromatic rings. The molecule has 0 spiro atoms. The molecule has 0 aliphatic carbocycles. The smallest absolute Gasteiger partial charge is 0.341 e. The summed E-state index contributed by atoms with van der Waals surface area (Å²) in [5.74, 6) is -1.33. The Balaban J connectivity index is 3.06. The molecule has 0 fully saturated rings. The van der Waals surface area contributed by atoms with Gasteiger partial charge in [-0.2, -0.15) is 0 Å². The van der Waals surface area contributed by atoms with Gasteiger partial charge in [0.2, 0.25) is 5.60 Å². The third-order valence-electron chi connectivity index (χ3n) is 1.50. The molecule has 1 atom stereocenters. The maximum atomic E-state index is 10.5. The van der Waals surface area contributed by atoms with Gasteiger partial charge in [-0.1, -0.05) is 0 Å². The van der Waals surface area contributed by atoms with Crippen molar-refractivity contribution in [2.45, 2.75) is 12.5 Å². The maximum absolute atomic E-state index is 10.5. The fourth-order valence-corrected chi connectivity index (χ4v) is 0.688. The van der Waals surface area contributed by atoms with Gasteiger partial charge in [0.1, 0.15) is 6.33 Å². The van der Waals surface area contributed by atoms with Crippen LogP contribution in [0.4, 0.5) is 0 Å². The molecule has 0 saturated carbocycles. The van der Waals surface area contributed by atoms with Gasteiger partial charge in [0.15, 0.2) is 0 Å². The van der Waals surface area contributed by atoms with E-state index in [1.165, 1.54) is 18.6 Å². The van der Waals surface area contributed by atoms with Crippen molar-refractivity contribution < 1.29 is 15.0 Å². The van der Waals surface area contributed by atoms with Gasteiger partial charge in [-0.15, -0.1) is 0 Å². The van der Waals surface area contributed by atoms with Crippen LogP contribution in [0.3, 0.4) is 0 Å². The first-order chi connectivity index (χ1) is 5.55. The van der Waals surface area contributed by atoms with Gasteiger partial charge in [-0.25, -0.2) is 14.8 Å². The highest BCUT2D eigenvalue weighted by molar-refractivity contribution is 5.77. The molecule has 5 nitrogen and oxygen atoms in total. The molecule has 1 heterocycles. The van der Waals surface area contributed by atoms with Gasteiger partial charge >= 0.3 is 5.97 Å². The molecule has 0 bridgehead atoms. The first-order valence-corrected chi connectivity index (χ1v) is 3.27. The Kier molecular flexibility index (Phi) is 2.05. The van der Waals surface area contributed by atoms with Gasteiger partial charge in [-0.05, 0) is 13.0 Å². The average Bonchev–Trinajstić information content (AvgIpc) is 2.06. The fourth-order valence-electron chi connectivity index (χ4n) is 0.688. The number of aliphatic carboxylic acids is 1. The van der Waals surface area contributed by atoms with Crippen molar-refractivity contribution in [3.63, 3.8) is 0 Å². The van der Waals surface area contributed by atoms with Crippen LogP contribution in [0.2, 0.25) is 0 Å². The Labute approximate surface area is 68.7 Å². The predicted octanol–water partition coefficient (Wildman–Crippen LogP) is -0.231. The number of rotatable bonds is 2. The van der Waals surface area contributed by atoms with Crippen LogP contribution in [0.5, 0.6) is 0 Å². The van der Waals surface area contributed by atoms with E-state index in [9.17, 15) is 9.90 Å². The molecular formula is C7H8N2O3. The first-order valence-electron chi connectivity index (χ1n) is 3.27. The van der Waals surface area contributed by atoms with Crippen LogP contribution in [-0.2, 0) is 10.4 Å². The van der Waals surface area contributed by atoms with Crippen LogP contribution in [0.15, 0.2) is 18.6 Å². The van der Waals surface area contributed by atoms with Crippen LogP contribution in [-0.4, -0.2) is 26.2 Å². The Morgan fingerprint density at radius 2 is 2.33 bits per heavy atom. The number of hydrogen-bond donors (Lipinski definition) is 2. The van der Waals surface area contributed by atoms with Gasteiger partial charge < -0.3 is 10.2 Å². The van der Waals surface area contributed by atoms with Crippen molar-refractivity contribution in [2.75, 3.05) is 0 Å². The molecule has 12 heavy (non-hydrogen) atoms. The van der Waals surface area contributed by atoms with Crippen molar-refractivity contribution >= 4 is 5.97 Å². The Hall–Kier alpha value is -1.49. The Bertz CT molecular complexity index is 284. The lowest BCUT2D eigenvalue weighted by atomic mass is 10.0. The molecule has 0 aromatic carbocycles. The fraction of sp³-hybridized carbons (Fsp3) is 0.286. The summed E-state index contributed by atoms with van der Waals surface area (Å²) in [6.07, 6.45) is 2.56. The topological polar surface area (TPSA) is 83.3 Å². The van der Waals surface area contributed by atoms with Crippen molar-refractivity contribution in [3.8, 4) is 0 Å². The zero-order chi connectivity index (χ0) is 9.19. The van der Waals surface area contributed by atoms with Crippen molar-refractivity contribution in [1.29, 1.82) is 0 Å². The number of carboxylic acids is 1. The molecule has 1 unspecified atom stereocenters.